The normalized spacial score (nSPS) is 12.6. The van der Waals surface area contributed by atoms with Crippen LogP contribution in [0.3, 0.4) is 0 Å². The van der Waals surface area contributed by atoms with Gasteiger partial charge in [-0.2, -0.15) is 18.2 Å². The maximum Gasteiger partial charge on any atom is 0.418 e. The maximum absolute atomic E-state index is 11.5. The summed E-state index contributed by atoms with van der Waals surface area (Å²) in [6.07, 6.45) is 4.32. The second-order valence-corrected chi connectivity index (χ2v) is 7.24. The minimum Gasteiger partial charge on any atom is -0.491 e. The van der Waals surface area contributed by atoms with Crippen molar-refractivity contribution in [1.82, 2.24) is 5.48 Å². The molecule has 0 aromatic heterocycles. The van der Waals surface area contributed by atoms with E-state index >= 15 is 0 Å². The number of benzene rings is 1. The van der Waals surface area contributed by atoms with Crippen molar-refractivity contribution in [1.29, 1.82) is 0 Å². The van der Waals surface area contributed by atoms with E-state index in [0.717, 1.165) is 19.3 Å². The average molecular weight is 434 g/mol. The number of hydroxylamine groups is 1. The van der Waals surface area contributed by atoms with Gasteiger partial charge in [0.1, 0.15) is 18.5 Å². The molecule has 29 heavy (non-hydrogen) atoms. The van der Waals surface area contributed by atoms with Gasteiger partial charge in [0.05, 0.1) is 19.8 Å². The molecule has 1 rings (SSSR count). The number of unbranched alkanes of at least 4 members (excludes halogenated alkanes) is 1. The Labute approximate surface area is 172 Å². The van der Waals surface area contributed by atoms with Gasteiger partial charge < -0.3 is 19.3 Å². The molecular weight excluding hydrogens is 402 g/mol. The summed E-state index contributed by atoms with van der Waals surface area (Å²) in [7, 11) is -4.30. The highest BCUT2D eigenvalue weighted by Crippen LogP contribution is 2.14. The number of aryl methyl sites for hydroxylation is 1. The molecular formula is C19H31NO8S. The summed E-state index contributed by atoms with van der Waals surface area (Å²) in [5, 5.41) is 8.58. The summed E-state index contributed by atoms with van der Waals surface area (Å²) < 4.78 is 48.3. The standard InChI is InChI=1S/C19H31NO8S/c1-3-5-6-17-7-9-18(10-8-17)25-15-19(14-24-13-4-2)26-16-27-29(22,23)28-20-11-12-21/h4,7-10,19-21H,2-3,5-6,11-16H2,1H3. The fourth-order valence-corrected chi connectivity index (χ4v) is 2.57. The molecule has 0 aliphatic rings. The Morgan fingerprint density at radius 3 is 2.66 bits per heavy atom. The van der Waals surface area contributed by atoms with E-state index in [-0.39, 0.29) is 26.4 Å². The van der Waals surface area contributed by atoms with Gasteiger partial charge in [0.25, 0.3) is 0 Å². The molecule has 0 saturated heterocycles. The van der Waals surface area contributed by atoms with Crippen molar-refractivity contribution in [2.24, 2.45) is 0 Å². The van der Waals surface area contributed by atoms with E-state index in [2.05, 4.69) is 22.0 Å². The van der Waals surface area contributed by atoms with Gasteiger partial charge in [-0.25, -0.2) is 4.18 Å². The van der Waals surface area contributed by atoms with Crippen LogP contribution in [0.2, 0.25) is 0 Å². The Morgan fingerprint density at radius 2 is 2.00 bits per heavy atom. The molecule has 10 heteroatoms. The van der Waals surface area contributed by atoms with Gasteiger partial charge in [-0.3, -0.25) is 0 Å². The lowest BCUT2D eigenvalue weighted by molar-refractivity contribution is -0.0855. The van der Waals surface area contributed by atoms with Crippen LogP contribution in [0, 0.1) is 0 Å². The van der Waals surface area contributed by atoms with Crippen molar-refractivity contribution >= 4 is 10.4 Å². The summed E-state index contributed by atoms with van der Waals surface area (Å²) in [5.41, 5.74) is 3.29. The van der Waals surface area contributed by atoms with Crippen molar-refractivity contribution in [3.8, 4) is 5.75 Å². The predicted molar refractivity (Wildman–Crippen MR) is 107 cm³/mol. The van der Waals surface area contributed by atoms with Crippen LogP contribution >= 0.6 is 0 Å². The molecule has 0 radical (unpaired) electrons. The number of aliphatic hydroxyl groups excluding tert-OH is 1. The first-order chi connectivity index (χ1) is 14.0. The van der Waals surface area contributed by atoms with Gasteiger partial charge in [-0.1, -0.05) is 31.6 Å². The topological polar surface area (TPSA) is 113 Å². The van der Waals surface area contributed by atoms with E-state index in [4.69, 9.17) is 19.3 Å². The second kappa shape index (κ2) is 15.3. The first-order valence-corrected chi connectivity index (χ1v) is 10.8. The fourth-order valence-electron chi connectivity index (χ4n) is 2.12. The van der Waals surface area contributed by atoms with Crippen LogP contribution < -0.4 is 10.2 Å². The van der Waals surface area contributed by atoms with Crippen LogP contribution in [-0.4, -0.2) is 59.4 Å². The molecule has 166 valence electrons. The molecule has 2 N–H and O–H groups in total. The highest BCUT2D eigenvalue weighted by molar-refractivity contribution is 7.81. The molecule has 1 aromatic rings. The van der Waals surface area contributed by atoms with Crippen molar-refractivity contribution in [2.45, 2.75) is 32.3 Å². The quantitative estimate of drug-likeness (QED) is 0.155. The third kappa shape index (κ3) is 12.6. The molecule has 0 heterocycles. The van der Waals surface area contributed by atoms with Crippen molar-refractivity contribution in [2.75, 3.05) is 39.8 Å². The van der Waals surface area contributed by atoms with Crippen LogP contribution in [0.1, 0.15) is 25.3 Å². The monoisotopic (exact) mass is 433 g/mol. The van der Waals surface area contributed by atoms with E-state index in [1.165, 1.54) is 5.56 Å². The molecule has 0 spiro atoms. The van der Waals surface area contributed by atoms with Gasteiger partial charge in [0.2, 0.25) is 0 Å². The highest BCUT2D eigenvalue weighted by Gasteiger charge is 2.16. The molecule has 1 aromatic carbocycles. The summed E-state index contributed by atoms with van der Waals surface area (Å²) in [6, 6.07) is 7.80. The first-order valence-electron chi connectivity index (χ1n) is 9.44. The second-order valence-electron chi connectivity index (χ2n) is 6.02. The Hall–Kier alpha value is -1.53. The molecule has 0 amide bonds. The van der Waals surface area contributed by atoms with Gasteiger partial charge in [0.15, 0.2) is 6.79 Å². The molecule has 0 bridgehead atoms. The van der Waals surface area contributed by atoms with Crippen molar-refractivity contribution < 1.29 is 36.2 Å². The molecule has 0 aliphatic heterocycles. The Bertz CT molecular complexity index is 651. The SMILES string of the molecule is C=CCOCC(COc1ccc(CCCC)cc1)OCOS(=O)(=O)ONCCO. The van der Waals surface area contributed by atoms with E-state index < -0.39 is 23.3 Å². The number of hydrogen-bond acceptors (Lipinski definition) is 9. The van der Waals surface area contributed by atoms with Crippen molar-refractivity contribution in [3.63, 3.8) is 0 Å². The average Bonchev–Trinajstić information content (AvgIpc) is 2.71. The van der Waals surface area contributed by atoms with Gasteiger partial charge in [0, 0.05) is 6.54 Å². The fraction of sp³-hybridized carbons (Fsp3) is 0.579. The van der Waals surface area contributed by atoms with Crippen LogP contribution in [0.25, 0.3) is 0 Å². The minimum atomic E-state index is -4.30. The zero-order chi connectivity index (χ0) is 21.4. The predicted octanol–water partition coefficient (Wildman–Crippen LogP) is 1.73. The van der Waals surface area contributed by atoms with Gasteiger partial charge in [-0.05, 0) is 30.5 Å². The van der Waals surface area contributed by atoms with Crippen molar-refractivity contribution in [3.05, 3.63) is 42.5 Å². The molecule has 0 aliphatic carbocycles. The lowest BCUT2D eigenvalue weighted by Gasteiger charge is -2.18. The Balaban J connectivity index is 2.47. The summed E-state index contributed by atoms with van der Waals surface area (Å²) in [4.78, 5) is 0. The third-order valence-electron chi connectivity index (χ3n) is 3.59. The number of rotatable bonds is 18. The maximum atomic E-state index is 11.5. The summed E-state index contributed by atoms with van der Waals surface area (Å²) in [6.45, 7) is 5.41. The van der Waals surface area contributed by atoms with Gasteiger partial charge >= 0.3 is 10.4 Å². The third-order valence-corrected chi connectivity index (χ3v) is 4.30. The molecule has 0 saturated carbocycles. The number of hydrogen-bond donors (Lipinski definition) is 2. The van der Waals surface area contributed by atoms with E-state index in [0.29, 0.717) is 12.4 Å². The summed E-state index contributed by atoms with van der Waals surface area (Å²) in [5.74, 6) is 0.674. The lowest BCUT2D eigenvalue weighted by atomic mass is 10.1. The molecule has 1 unspecified atom stereocenters. The van der Waals surface area contributed by atoms with Crippen LogP contribution in [0.4, 0.5) is 0 Å². The first kappa shape index (κ1) is 25.5. The largest absolute Gasteiger partial charge is 0.491 e. The number of aliphatic hydroxyl groups is 1. The Morgan fingerprint density at radius 1 is 1.24 bits per heavy atom. The van der Waals surface area contributed by atoms with E-state index in [9.17, 15) is 8.42 Å². The zero-order valence-electron chi connectivity index (χ0n) is 16.7. The van der Waals surface area contributed by atoms with Crippen LogP contribution in [-0.2, 0) is 34.8 Å². The molecule has 0 fully saturated rings. The molecule has 1 atom stereocenters. The van der Waals surface area contributed by atoms with Crippen LogP contribution in [0.5, 0.6) is 5.75 Å². The smallest absolute Gasteiger partial charge is 0.418 e. The Kier molecular flexibility index (Phi) is 13.5. The zero-order valence-corrected chi connectivity index (χ0v) is 17.6. The minimum absolute atomic E-state index is 0.0630. The van der Waals surface area contributed by atoms with E-state index in [1.54, 1.807) is 6.08 Å². The highest BCUT2D eigenvalue weighted by atomic mass is 32.3. The van der Waals surface area contributed by atoms with Crippen LogP contribution in [0.15, 0.2) is 36.9 Å². The lowest BCUT2D eigenvalue weighted by Crippen LogP contribution is -2.30. The van der Waals surface area contributed by atoms with E-state index in [1.807, 2.05) is 29.7 Å². The number of nitrogens with one attached hydrogen (secondary N) is 1. The summed E-state index contributed by atoms with van der Waals surface area (Å²) >= 11 is 0. The van der Waals surface area contributed by atoms with Gasteiger partial charge in [-0.15, -0.1) is 6.58 Å². The molecule has 9 nitrogen and oxygen atoms in total. The number of ether oxygens (including phenoxy) is 3.